The third-order valence-electron chi connectivity index (χ3n) is 2.47. The van der Waals surface area contributed by atoms with Crippen LogP contribution in [0.15, 0.2) is 18.5 Å². The summed E-state index contributed by atoms with van der Waals surface area (Å²) in [6.07, 6.45) is 5.77. The molecule has 0 saturated carbocycles. The van der Waals surface area contributed by atoms with Crippen LogP contribution < -0.4 is 11.1 Å². The molecule has 1 atom stereocenters. The molecule has 0 bridgehead atoms. The number of nitrogen functional groups attached to an aromatic ring is 1. The van der Waals surface area contributed by atoms with Crippen molar-refractivity contribution < 1.29 is 0 Å². The zero-order valence-electron chi connectivity index (χ0n) is 8.33. The number of piperidine rings is 1. The Bertz CT molecular complexity index is 311. The summed E-state index contributed by atoms with van der Waals surface area (Å²) in [4.78, 5) is 3.99. The summed E-state index contributed by atoms with van der Waals surface area (Å²) in [7, 11) is 0. The van der Waals surface area contributed by atoms with Gasteiger partial charge in [-0.05, 0) is 30.5 Å². The average Bonchev–Trinajstić information content (AvgIpc) is 2.18. The summed E-state index contributed by atoms with van der Waals surface area (Å²) in [6.45, 7) is 4.15. The van der Waals surface area contributed by atoms with E-state index in [0.29, 0.717) is 5.92 Å². The molecule has 2 radical (unpaired) electrons. The summed E-state index contributed by atoms with van der Waals surface area (Å²) in [6, 6.07) is 1.97. The van der Waals surface area contributed by atoms with E-state index in [1.54, 1.807) is 12.4 Å². The van der Waals surface area contributed by atoms with E-state index in [0.717, 1.165) is 24.3 Å². The minimum absolute atomic E-state index is 0.575. The van der Waals surface area contributed by atoms with Crippen molar-refractivity contribution in [1.82, 2.24) is 10.3 Å². The quantitative estimate of drug-likeness (QED) is 0.693. The molecule has 1 saturated heterocycles. The normalized spacial score (nSPS) is 23.6. The Balaban J connectivity index is 2.18. The Kier molecular flexibility index (Phi) is 2.68. The van der Waals surface area contributed by atoms with Gasteiger partial charge in [0, 0.05) is 18.7 Å². The molecule has 3 nitrogen and oxygen atoms in total. The second-order valence-corrected chi connectivity index (χ2v) is 3.76. The molecule has 1 aromatic heterocycles. The molecule has 2 rings (SSSR count). The van der Waals surface area contributed by atoms with E-state index in [4.69, 9.17) is 5.73 Å². The van der Waals surface area contributed by atoms with Crippen molar-refractivity contribution in [2.75, 3.05) is 18.8 Å². The van der Waals surface area contributed by atoms with Crippen molar-refractivity contribution in [3.63, 3.8) is 0 Å². The third kappa shape index (κ3) is 1.87. The average molecular weight is 189 g/mol. The highest BCUT2D eigenvalue weighted by Crippen LogP contribution is 2.27. The maximum absolute atomic E-state index is 5.87. The van der Waals surface area contributed by atoms with Crippen molar-refractivity contribution in [1.29, 1.82) is 0 Å². The van der Waals surface area contributed by atoms with Crippen molar-refractivity contribution in [2.45, 2.75) is 6.92 Å². The number of pyridine rings is 1. The lowest BCUT2D eigenvalue weighted by molar-refractivity contribution is 0.523. The fraction of sp³-hybridized carbons (Fsp3) is 0.364. The maximum Gasteiger partial charge on any atom is 0.0539 e. The summed E-state index contributed by atoms with van der Waals surface area (Å²) < 4.78 is 0. The molecule has 74 valence electrons. The van der Waals surface area contributed by atoms with Gasteiger partial charge < -0.3 is 11.1 Å². The van der Waals surface area contributed by atoms with Crippen LogP contribution in [-0.4, -0.2) is 18.1 Å². The summed E-state index contributed by atoms with van der Waals surface area (Å²) >= 11 is 0. The van der Waals surface area contributed by atoms with Crippen LogP contribution >= 0.6 is 0 Å². The molecule has 0 amide bonds. The largest absolute Gasteiger partial charge is 0.397 e. The number of hydrogen-bond acceptors (Lipinski definition) is 3. The van der Waals surface area contributed by atoms with Gasteiger partial charge in [-0.1, -0.05) is 6.92 Å². The topological polar surface area (TPSA) is 50.9 Å². The van der Waals surface area contributed by atoms with Crippen LogP contribution in [0.2, 0.25) is 0 Å². The smallest absolute Gasteiger partial charge is 0.0539 e. The van der Waals surface area contributed by atoms with E-state index in [9.17, 15) is 0 Å². The van der Waals surface area contributed by atoms with Gasteiger partial charge in [-0.15, -0.1) is 0 Å². The van der Waals surface area contributed by atoms with Crippen LogP contribution in [0, 0.1) is 18.3 Å². The second-order valence-electron chi connectivity index (χ2n) is 3.76. The monoisotopic (exact) mass is 189 g/mol. The van der Waals surface area contributed by atoms with Gasteiger partial charge in [0.05, 0.1) is 11.9 Å². The van der Waals surface area contributed by atoms with Crippen molar-refractivity contribution in [3.05, 3.63) is 36.4 Å². The van der Waals surface area contributed by atoms with Gasteiger partial charge in [0.1, 0.15) is 0 Å². The molecule has 2 heterocycles. The van der Waals surface area contributed by atoms with E-state index >= 15 is 0 Å². The molecule has 1 aliphatic heterocycles. The van der Waals surface area contributed by atoms with Crippen LogP contribution in [-0.2, 0) is 0 Å². The van der Waals surface area contributed by atoms with Gasteiger partial charge in [-0.2, -0.15) is 0 Å². The minimum Gasteiger partial charge on any atom is -0.397 e. The second kappa shape index (κ2) is 3.96. The number of nitrogens with zero attached hydrogens (tertiary/aromatic N) is 1. The lowest BCUT2D eigenvalue weighted by Gasteiger charge is -2.27. The van der Waals surface area contributed by atoms with Crippen LogP contribution in [0.5, 0.6) is 0 Å². The molecule has 0 spiro atoms. The van der Waals surface area contributed by atoms with Gasteiger partial charge in [0.2, 0.25) is 0 Å². The SMILES string of the molecule is C[C@H]1[CH][C](c2ccncc2N)CNC1. The first-order chi connectivity index (χ1) is 6.77. The minimum atomic E-state index is 0.575. The van der Waals surface area contributed by atoms with E-state index in [-0.39, 0.29) is 0 Å². The molecular formula is C11H15N3. The van der Waals surface area contributed by atoms with Crippen molar-refractivity contribution >= 4 is 5.69 Å². The molecule has 1 fully saturated rings. The Labute approximate surface area is 84.7 Å². The van der Waals surface area contributed by atoms with Crippen molar-refractivity contribution in [3.8, 4) is 0 Å². The Morgan fingerprint density at radius 3 is 3.14 bits per heavy atom. The Morgan fingerprint density at radius 1 is 1.57 bits per heavy atom. The molecule has 0 unspecified atom stereocenters. The first kappa shape index (κ1) is 9.46. The lowest BCUT2D eigenvalue weighted by Crippen LogP contribution is -2.35. The maximum atomic E-state index is 5.87. The summed E-state index contributed by atoms with van der Waals surface area (Å²) in [5, 5.41) is 3.37. The number of rotatable bonds is 1. The summed E-state index contributed by atoms with van der Waals surface area (Å²) in [5.74, 6) is 1.86. The van der Waals surface area contributed by atoms with E-state index in [1.165, 1.54) is 5.92 Å². The zero-order chi connectivity index (χ0) is 9.97. The molecule has 1 aromatic rings. The molecule has 0 aromatic carbocycles. The highest BCUT2D eigenvalue weighted by atomic mass is 14.9. The van der Waals surface area contributed by atoms with E-state index in [2.05, 4.69) is 23.6 Å². The number of anilines is 1. The summed E-state index contributed by atoms with van der Waals surface area (Å²) in [5.41, 5.74) is 7.73. The number of nitrogens with one attached hydrogen (secondary N) is 1. The van der Waals surface area contributed by atoms with E-state index < -0.39 is 0 Å². The molecule has 14 heavy (non-hydrogen) atoms. The highest BCUT2D eigenvalue weighted by Gasteiger charge is 2.22. The van der Waals surface area contributed by atoms with E-state index in [1.807, 2.05) is 6.07 Å². The van der Waals surface area contributed by atoms with Crippen LogP contribution in [0.4, 0.5) is 5.69 Å². The van der Waals surface area contributed by atoms with Gasteiger partial charge in [-0.3, -0.25) is 4.98 Å². The Hall–Kier alpha value is -1.09. The molecule has 1 aliphatic rings. The molecule has 3 heteroatoms. The Morgan fingerprint density at radius 2 is 2.43 bits per heavy atom. The molecule has 0 aliphatic carbocycles. The first-order valence-corrected chi connectivity index (χ1v) is 4.88. The van der Waals surface area contributed by atoms with Gasteiger partial charge >= 0.3 is 0 Å². The predicted octanol–water partition coefficient (Wildman–Crippen LogP) is 1.03. The van der Waals surface area contributed by atoms with Gasteiger partial charge in [-0.25, -0.2) is 0 Å². The van der Waals surface area contributed by atoms with Crippen LogP contribution in [0.1, 0.15) is 12.5 Å². The number of nitrogens with two attached hydrogens (primary N) is 1. The predicted molar refractivity (Wildman–Crippen MR) is 57.3 cm³/mol. The van der Waals surface area contributed by atoms with Crippen LogP contribution in [0.3, 0.4) is 0 Å². The van der Waals surface area contributed by atoms with Gasteiger partial charge in [0.25, 0.3) is 0 Å². The third-order valence-corrected chi connectivity index (χ3v) is 2.47. The highest BCUT2D eigenvalue weighted by molar-refractivity contribution is 5.54. The van der Waals surface area contributed by atoms with Gasteiger partial charge in [0.15, 0.2) is 0 Å². The molecular weight excluding hydrogens is 174 g/mol. The standard InChI is InChI=1S/C11H15N3/c1-8-4-9(6-14-5-8)10-2-3-13-7-11(10)12/h2-4,7-8,14H,5-6,12H2,1H3/t8-/m0/s1. The molecule has 3 N–H and O–H groups in total. The fourth-order valence-electron chi connectivity index (χ4n) is 1.78. The van der Waals surface area contributed by atoms with Crippen molar-refractivity contribution in [2.24, 2.45) is 5.92 Å². The number of hydrogen-bond donors (Lipinski definition) is 2. The number of aromatic nitrogens is 1. The fourth-order valence-corrected chi connectivity index (χ4v) is 1.78. The van der Waals surface area contributed by atoms with Crippen LogP contribution in [0.25, 0.3) is 0 Å². The first-order valence-electron chi connectivity index (χ1n) is 4.88. The zero-order valence-corrected chi connectivity index (χ0v) is 8.33. The lowest BCUT2D eigenvalue weighted by atomic mass is 9.86.